The fourth-order valence-corrected chi connectivity index (χ4v) is 2.40. The minimum Gasteiger partial charge on any atom is -0.349 e. The Morgan fingerprint density at radius 1 is 1.40 bits per heavy atom. The van der Waals surface area contributed by atoms with Crippen LogP contribution in [0.25, 0.3) is 5.65 Å². The van der Waals surface area contributed by atoms with Crippen molar-refractivity contribution in [2.75, 3.05) is 18.1 Å². The molecule has 0 saturated carbocycles. The molecule has 1 fully saturated rings. The highest BCUT2D eigenvalue weighted by Crippen LogP contribution is 2.28. The van der Waals surface area contributed by atoms with Gasteiger partial charge in [0.2, 0.25) is 0 Å². The highest BCUT2D eigenvalue weighted by molar-refractivity contribution is 5.90. The van der Waals surface area contributed by atoms with Gasteiger partial charge < -0.3 is 14.0 Å². The average molecular weight is 273 g/mol. The summed E-state index contributed by atoms with van der Waals surface area (Å²) in [5.74, 6) is 0.109. The maximum atomic E-state index is 12.5. The monoisotopic (exact) mass is 273 g/mol. The molecule has 1 unspecified atom stereocenters. The second kappa shape index (κ2) is 4.59. The normalized spacial score (nSPS) is 19.8. The van der Waals surface area contributed by atoms with E-state index in [1.807, 2.05) is 54.6 Å². The standard InChI is InChI=1S/C15H19N3O2/c1-15(2,3)13(19)14-18(8-9-20-14)11-4-6-17-7-5-16-12(17)10-11/h4-7,10,14H,8-9H2,1-3H3. The lowest BCUT2D eigenvalue weighted by molar-refractivity contribution is -0.135. The lowest BCUT2D eigenvalue weighted by Crippen LogP contribution is -2.42. The lowest BCUT2D eigenvalue weighted by atomic mass is 9.89. The number of aromatic nitrogens is 2. The van der Waals surface area contributed by atoms with E-state index in [9.17, 15) is 4.79 Å². The summed E-state index contributed by atoms with van der Waals surface area (Å²) in [6, 6.07) is 3.98. The lowest BCUT2D eigenvalue weighted by Gasteiger charge is -2.29. The zero-order valence-corrected chi connectivity index (χ0v) is 12.0. The Labute approximate surface area is 118 Å². The van der Waals surface area contributed by atoms with Crippen molar-refractivity contribution in [3.8, 4) is 0 Å². The van der Waals surface area contributed by atoms with Crippen molar-refractivity contribution in [1.29, 1.82) is 0 Å². The molecule has 3 rings (SSSR count). The first-order valence-corrected chi connectivity index (χ1v) is 6.82. The topological polar surface area (TPSA) is 46.8 Å². The van der Waals surface area contributed by atoms with E-state index in [1.165, 1.54) is 0 Å². The highest BCUT2D eigenvalue weighted by atomic mass is 16.5. The average Bonchev–Trinajstić information content (AvgIpc) is 3.04. The third-order valence-corrected chi connectivity index (χ3v) is 3.57. The van der Waals surface area contributed by atoms with Crippen molar-refractivity contribution in [2.45, 2.75) is 27.0 Å². The number of pyridine rings is 1. The van der Waals surface area contributed by atoms with E-state index in [-0.39, 0.29) is 5.78 Å². The van der Waals surface area contributed by atoms with Crippen molar-refractivity contribution < 1.29 is 9.53 Å². The molecule has 0 spiro atoms. The molecule has 5 nitrogen and oxygen atoms in total. The first-order valence-electron chi connectivity index (χ1n) is 6.82. The molecule has 1 atom stereocenters. The largest absolute Gasteiger partial charge is 0.349 e. The summed E-state index contributed by atoms with van der Waals surface area (Å²) in [4.78, 5) is 18.8. The van der Waals surface area contributed by atoms with Gasteiger partial charge in [0.15, 0.2) is 12.0 Å². The predicted molar refractivity (Wildman–Crippen MR) is 76.7 cm³/mol. The van der Waals surface area contributed by atoms with E-state index < -0.39 is 11.6 Å². The summed E-state index contributed by atoms with van der Waals surface area (Å²) in [6.07, 6.45) is 5.12. The number of carbonyl (C=O) groups excluding carboxylic acids is 1. The van der Waals surface area contributed by atoms with Gasteiger partial charge in [-0.2, -0.15) is 0 Å². The van der Waals surface area contributed by atoms with Crippen LogP contribution >= 0.6 is 0 Å². The Hall–Kier alpha value is -1.88. The second-order valence-electron chi connectivity index (χ2n) is 6.11. The van der Waals surface area contributed by atoms with Gasteiger partial charge in [-0.1, -0.05) is 20.8 Å². The van der Waals surface area contributed by atoms with Crippen LogP contribution < -0.4 is 4.90 Å². The Balaban J connectivity index is 1.93. The van der Waals surface area contributed by atoms with Crippen molar-refractivity contribution >= 4 is 17.1 Å². The molecule has 2 aromatic heterocycles. The second-order valence-corrected chi connectivity index (χ2v) is 6.11. The molecule has 1 aliphatic rings. The number of nitrogens with zero attached hydrogens (tertiary/aromatic N) is 3. The number of hydrogen-bond donors (Lipinski definition) is 0. The van der Waals surface area contributed by atoms with E-state index in [1.54, 1.807) is 6.20 Å². The van der Waals surface area contributed by atoms with Crippen LogP contribution in [0.3, 0.4) is 0 Å². The summed E-state index contributed by atoms with van der Waals surface area (Å²) in [5, 5.41) is 0. The Morgan fingerprint density at radius 3 is 2.95 bits per heavy atom. The zero-order chi connectivity index (χ0) is 14.3. The Morgan fingerprint density at radius 2 is 2.20 bits per heavy atom. The molecular formula is C15H19N3O2. The molecule has 1 aliphatic heterocycles. The molecule has 0 aromatic carbocycles. The molecule has 0 radical (unpaired) electrons. The van der Waals surface area contributed by atoms with E-state index in [4.69, 9.17) is 4.74 Å². The fraction of sp³-hybridized carbons (Fsp3) is 0.467. The van der Waals surface area contributed by atoms with Crippen molar-refractivity contribution in [1.82, 2.24) is 9.38 Å². The van der Waals surface area contributed by atoms with Gasteiger partial charge in [-0.25, -0.2) is 4.98 Å². The molecule has 1 saturated heterocycles. The van der Waals surface area contributed by atoms with E-state index in [0.29, 0.717) is 6.61 Å². The van der Waals surface area contributed by atoms with Gasteiger partial charge in [0.05, 0.1) is 6.61 Å². The number of anilines is 1. The SMILES string of the molecule is CC(C)(C)C(=O)C1OCCN1c1ccn2ccnc2c1. The van der Waals surface area contributed by atoms with Gasteiger partial charge in [0.1, 0.15) is 5.65 Å². The fourth-order valence-electron chi connectivity index (χ4n) is 2.40. The van der Waals surface area contributed by atoms with E-state index >= 15 is 0 Å². The summed E-state index contributed by atoms with van der Waals surface area (Å²) in [6.45, 7) is 7.07. The molecule has 0 aliphatic carbocycles. The van der Waals surface area contributed by atoms with Gasteiger partial charge in [0.25, 0.3) is 0 Å². The molecule has 106 valence electrons. The van der Waals surface area contributed by atoms with Crippen LogP contribution in [0.5, 0.6) is 0 Å². The Kier molecular flexibility index (Phi) is 3.01. The van der Waals surface area contributed by atoms with E-state index in [2.05, 4.69) is 4.98 Å². The van der Waals surface area contributed by atoms with Crippen LogP contribution in [0, 0.1) is 5.41 Å². The summed E-state index contributed by atoms with van der Waals surface area (Å²) in [5.41, 5.74) is 1.44. The predicted octanol–water partition coefficient (Wildman–Crippen LogP) is 2.11. The van der Waals surface area contributed by atoms with Gasteiger partial charge in [-0.3, -0.25) is 4.79 Å². The third-order valence-electron chi connectivity index (χ3n) is 3.57. The number of hydrogen-bond acceptors (Lipinski definition) is 4. The van der Waals surface area contributed by atoms with Crippen LogP contribution in [0.1, 0.15) is 20.8 Å². The smallest absolute Gasteiger partial charge is 0.190 e. The summed E-state index contributed by atoms with van der Waals surface area (Å²) >= 11 is 0. The molecule has 0 N–H and O–H groups in total. The minimum atomic E-state index is -0.493. The van der Waals surface area contributed by atoms with Crippen LogP contribution in [0.15, 0.2) is 30.7 Å². The van der Waals surface area contributed by atoms with Crippen molar-refractivity contribution in [3.05, 3.63) is 30.7 Å². The third kappa shape index (κ3) is 2.18. The molecule has 3 heterocycles. The molecule has 0 amide bonds. The van der Waals surface area contributed by atoms with Crippen LogP contribution in [-0.4, -0.2) is 34.5 Å². The summed E-state index contributed by atoms with van der Waals surface area (Å²) in [7, 11) is 0. The number of Topliss-reactive ketones (excluding diaryl/α,β-unsaturated/α-hetero) is 1. The van der Waals surface area contributed by atoms with Crippen LogP contribution in [0.4, 0.5) is 5.69 Å². The molecule has 5 heteroatoms. The molecule has 20 heavy (non-hydrogen) atoms. The number of ether oxygens (including phenoxy) is 1. The van der Waals surface area contributed by atoms with Gasteiger partial charge >= 0.3 is 0 Å². The maximum Gasteiger partial charge on any atom is 0.190 e. The first-order chi connectivity index (χ1) is 9.47. The van der Waals surface area contributed by atoms with Crippen molar-refractivity contribution in [2.24, 2.45) is 5.41 Å². The number of ketones is 1. The van der Waals surface area contributed by atoms with Gasteiger partial charge in [-0.05, 0) is 6.07 Å². The minimum absolute atomic E-state index is 0.109. The van der Waals surface area contributed by atoms with Gasteiger partial charge in [0, 0.05) is 42.3 Å². The van der Waals surface area contributed by atoms with Gasteiger partial charge in [-0.15, -0.1) is 0 Å². The zero-order valence-electron chi connectivity index (χ0n) is 12.0. The first kappa shape index (κ1) is 13.1. The van der Waals surface area contributed by atoms with Crippen LogP contribution in [0.2, 0.25) is 0 Å². The van der Waals surface area contributed by atoms with Crippen LogP contribution in [-0.2, 0) is 9.53 Å². The van der Waals surface area contributed by atoms with E-state index in [0.717, 1.165) is 17.9 Å². The number of carbonyl (C=O) groups is 1. The highest BCUT2D eigenvalue weighted by Gasteiger charge is 2.38. The Bertz CT molecular complexity index is 642. The number of rotatable bonds is 2. The maximum absolute atomic E-state index is 12.5. The molecule has 2 aromatic rings. The van der Waals surface area contributed by atoms with Crippen molar-refractivity contribution in [3.63, 3.8) is 0 Å². The number of fused-ring (bicyclic) bond motifs is 1. The molecular weight excluding hydrogens is 254 g/mol. The number of imidazole rings is 1. The summed E-state index contributed by atoms with van der Waals surface area (Å²) < 4.78 is 7.60. The molecule has 0 bridgehead atoms. The quantitative estimate of drug-likeness (QED) is 0.841.